The first kappa shape index (κ1) is 17.8. The fraction of sp³-hybridized carbons (Fsp3) is 0.316. The van der Waals surface area contributed by atoms with E-state index in [-0.39, 0.29) is 5.91 Å². The van der Waals surface area contributed by atoms with Gasteiger partial charge in [0.1, 0.15) is 18.1 Å². The van der Waals surface area contributed by atoms with Crippen LogP contribution in [0.2, 0.25) is 0 Å². The Labute approximate surface area is 142 Å². The molecule has 0 spiro atoms. The zero-order valence-corrected chi connectivity index (χ0v) is 14.1. The molecule has 0 heterocycles. The number of carbonyl (C=O) groups is 1. The van der Waals surface area contributed by atoms with Gasteiger partial charge in [0.2, 0.25) is 0 Å². The summed E-state index contributed by atoms with van der Waals surface area (Å²) in [4.78, 5) is 12.3. The maximum absolute atomic E-state index is 12.3. The molecule has 0 atom stereocenters. The van der Waals surface area contributed by atoms with Crippen molar-refractivity contribution in [3.8, 4) is 11.5 Å². The minimum absolute atomic E-state index is 0.176. The van der Waals surface area contributed by atoms with Gasteiger partial charge in [-0.25, -0.2) is 0 Å². The molecule has 128 valence electrons. The molecule has 0 bridgehead atoms. The first-order chi connectivity index (χ1) is 11.7. The van der Waals surface area contributed by atoms with Crippen LogP contribution in [0.3, 0.4) is 0 Å². The lowest BCUT2D eigenvalue weighted by Crippen LogP contribution is -2.12. The minimum Gasteiger partial charge on any atom is -0.494 e. The molecule has 2 aromatic carbocycles. The standard InChI is InChI=1S/C19H23NO4/c1-3-22-12-13-24-17-10-8-15(9-11-17)19(21)20-16-6-5-7-18(14-16)23-4-2/h5-11,14H,3-4,12-13H2,1-2H3,(H,20,21). The van der Waals surface area contributed by atoms with Gasteiger partial charge < -0.3 is 19.5 Å². The van der Waals surface area contributed by atoms with Crippen LogP contribution in [-0.4, -0.2) is 32.3 Å². The molecule has 0 fully saturated rings. The van der Waals surface area contributed by atoms with Gasteiger partial charge in [-0.3, -0.25) is 4.79 Å². The van der Waals surface area contributed by atoms with Crippen LogP contribution >= 0.6 is 0 Å². The van der Waals surface area contributed by atoms with Crippen molar-refractivity contribution in [3.05, 3.63) is 54.1 Å². The number of rotatable bonds is 9. The monoisotopic (exact) mass is 329 g/mol. The van der Waals surface area contributed by atoms with Crippen molar-refractivity contribution in [2.45, 2.75) is 13.8 Å². The second kappa shape index (κ2) is 9.57. The third-order valence-corrected chi connectivity index (χ3v) is 3.22. The van der Waals surface area contributed by atoms with Crippen LogP contribution in [0.1, 0.15) is 24.2 Å². The van der Waals surface area contributed by atoms with E-state index in [4.69, 9.17) is 14.2 Å². The van der Waals surface area contributed by atoms with Crippen molar-refractivity contribution in [1.82, 2.24) is 0 Å². The molecule has 0 unspecified atom stereocenters. The highest BCUT2D eigenvalue weighted by Crippen LogP contribution is 2.19. The fourth-order valence-electron chi connectivity index (χ4n) is 2.10. The molecule has 5 heteroatoms. The minimum atomic E-state index is -0.176. The zero-order valence-electron chi connectivity index (χ0n) is 14.1. The molecule has 5 nitrogen and oxygen atoms in total. The third-order valence-electron chi connectivity index (χ3n) is 3.22. The summed E-state index contributed by atoms with van der Waals surface area (Å²) in [6.45, 7) is 6.16. The third kappa shape index (κ3) is 5.59. The molecular weight excluding hydrogens is 306 g/mol. The van der Waals surface area contributed by atoms with E-state index < -0.39 is 0 Å². The smallest absolute Gasteiger partial charge is 0.255 e. The normalized spacial score (nSPS) is 10.2. The van der Waals surface area contributed by atoms with Gasteiger partial charge in [-0.1, -0.05) is 6.07 Å². The molecule has 2 rings (SSSR count). The SMILES string of the molecule is CCOCCOc1ccc(C(=O)Nc2cccc(OCC)c2)cc1. The van der Waals surface area contributed by atoms with Crippen LogP contribution in [0.4, 0.5) is 5.69 Å². The van der Waals surface area contributed by atoms with Gasteiger partial charge in [-0.05, 0) is 50.2 Å². The first-order valence-corrected chi connectivity index (χ1v) is 8.07. The summed E-state index contributed by atoms with van der Waals surface area (Å²) >= 11 is 0. The fourth-order valence-corrected chi connectivity index (χ4v) is 2.10. The Morgan fingerprint density at radius 3 is 2.42 bits per heavy atom. The molecule has 2 aromatic rings. The Morgan fingerprint density at radius 2 is 1.71 bits per heavy atom. The van der Waals surface area contributed by atoms with Crippen molar-refractivity contribution in [2.24, 2.45) is 0 Å². The number of carbonyl (C=O) groups excluding carboxylic acids is 1. The number of hydrogen-bond acceptors (Lipinski definition) is 4. The van der Waals surface area contributed by atoms with Crippen LogP contribution in [0.5, 0.6) is 11.5 Å². The first-order valence-electron chi connectivity index (χ1n) is 8.07. The van der Waals surface area contributed by atoms with Crippen molar-refractivity contribution in [2.75, 3.05) is 31.7 Å². The van der Waals surface area contributed by atoms with Crippen LogP contribution in [0.25, 0.3) is 0 Å². The largest absolute Gasteiger partial charge is 0.494 e. The van der Waals surface area contributed by atoms with Crippen molar-refractivity contribution in [3.63, 3.8) is 0 Å². The van der Waals surface area contributed by atoms with Crippen LogP contribution in [0.15, 0.2) is 48.5 Å². The number of amides is 1. The quantitative estimate of drug-likeness (QED) is 0.712. The summed E-state index contributed by atoms with van der Waals surface area (Å²) in [5.41, 5.74) is 1.26. The summed E-state index contributed by atoms with van der Waals surface area (Å²) in [7, 11) is 0. The molecule has 0 aliphatic carbocycles. The summed E-state index contributed by atoms with van der Waals surface area (Å²) in [6.07, 6.45) is 0. The Balaban J connectivity index is 1.91. The van der Waals surface area contributed by atoms with E-state index in [1.165, 1.54) is 0 Å². The molecule has 24 heavy (non-hydrogen) atoms. The number of nitrogens with one attached hydrogen (secondary N) is 1. The Hall–Kier alpha value is -2.53. The van der Waals surface area contributed by atoms with Gasteiger partial charge in [0.05, 0.1) is 13.2 Å². The molecule has 1 N–H and O–H groups in total. The number of benzene rings is 2. The van der Waals surface area contributed by atoms with Gasteiger partial charge in [-0.2, -0.15) is 0 Å². The lowest BCUT2D eigenvalue weighted by molar-refractivity contribution is 0.102. The molecule has 0 aliphatic rings. The summed E-state index contributed by atoms with van der Waals surface area (Å²) in [5, 5.41) is 2.86. The van der Waals surface area contributed by atoms with E-state index in [9.17, 15) is 4.79 Å². The lowest BCUT2D eigenvalue weighted by Gasteiger charge is -2.09. The maximum atomic E-state index is 12.3. The molecule has 0 saturated carbocycles. The summed E-state index contributed by atoms with van der Waals surface area (Å²) in [5.74, 6) is 1.27. The highest BCUT2D eigenvalue weighted by Gasteiger charge is 2.07. The average molecular weight is 329 g/mol. The molecule has 0 radical (unpaired) electrons. The van der Waals surface area contributed by atoms with E-state index >= 15 is 0 Å². The van der Waals surface area contributed by atoms with E-state index in [1.54, 1.807) is 30.3 Å². The number of anilines is 1. The average Bonchev–Trinajstić information content (AvgIpc) is 2.60. The molecule has 1 amide bonds. The predicted octanol–water partition coefficient (Wildman–Crippen LogP) is 3.75. The molecule has 0 saturated heterocycles. The van der Waals surface area contributed by atoms with Gasteiger partial charge in [0, 0.05) is 23.9 Å². The molecule has 0 aromatic heterocycles. The van der Waals surface area contributed by atoms with E-state index in [1.807, 2.05) is 32.0 Å². The van der Waals surface area contributed by atoms with E-state index in [0.29, 0.717) is 43.4 Å². The highest BCUT2D eigenvalue weighted by atomic mass is 16.5. The Kier molecular flexibility index (Phi) is 7.11. The molecule has 0 aliphatic heterocycles. The van der Waals surface area contributed by atoms with E-state index in [2.05, 4.69) is 5.32 Å². The highest BCUT2D eigenvalue weighted by molar-refractivity contribution is 6.04. The van der Waals surface area contributed by atoms with Gasteiger partial charge in [0.25, 0.3) is 5.91 Å². The topological polar surface area (TPSA) is 56.8 Å². The van der Waals surface area contributed by atoms with Crippen molar-refractivity contribution < 1.29 is 19.0 Å². The van der Waals surface area contributed by atoms with Gasteiger partial charge in [0.15, 0.2) is 0 Å². The molecular formula is C19H23NO4. The Morgan fingerprint density at radius 1 is 0.917 bits per heavy atom. The summed E-state index contributed by atoms with van der Waals surface area (Å²) < 4.78 is 16.2. The second-order valence-electron chi connectivity index (χ2n) is 4.98. The van der Waals surface area contributed by atoms with Crippen molar-refractivity contribution in [1.29, 1.82) is 0 Å². The Bertz CT molecular complexity index is 640. The summed E-state index contributed by atoms with van der Waals surface area (Å²) in [6, 6.07) is 14.3. The second-order valence-corrected chi connectivity index (χ2v) is 4.98. The number of ether oxygens (including phenoxy) is 3. The predicted molar refractivity (Wildman–Crippen MR) is 94.0 cm³/mol. The van der Waals surface area contributed by atoms with Gasteiger partial charge >= 0.3 is 0 Å². The van der Waals surface area contributed by atoms with E-state index in [0.717, 1.165) is 5.75 Å². The maximum Gasteiger partial charge on any atom is 0.255 e. The van der Waals surface area contributed by atoms with Crippen LogP contribution in [0, 0.1) is 0 Å². The van der Waals surface area contributed by atoms with Crippen molar-refractivity contribution >= 4 is 11.6 Å². The number of hydrogen-bond donors (Lipinski definition) is 1. The lowest BCUT2D eigenvalue weighted by atomic mass is 10.2. The van der Waals surface area contributed by atoms with Gasteiger partial charge in [-0.15, -0.1) is 0 Å². The van der Waals surface area contributed by atoms with Crippen LogP contribution in [-0.2, 0) is 4.74 Å². The zero-order chi connectivity index (χ0) is 17.2. The van der Waals surface area contributed by atoms with Crippen LogP contribution < -0.4 is 14.8 Å².